The second-order valence-corrected chi connectivity index (χ2v) is 10.1. The molecule has 0 saturated carbocycles. The third-order valence-electron chi connectivity index (χ3n) is 5.83. The minimum atomic E-state index is -0.0674. The number of nitrogens with zero attached hydrogens (tertiary/aromatic N) is 2. The van der Waals surface area contributed by atoms with Crippen LogP contribution < -0.4 is 10.6 Å². The topological polar surface area (TPSA) is 58.4 Å². The summed E-state index contributed by atoms with van der Waals surface area (Å²) in [5.74, 6) is -0.0674. The van der Waals surface area contributed by atoms with Crippen molar-refractivity contribution in [1.29, 1.82) is 0 Å². The number of carbonyl (C=O) groups is 1. The molecule has 1 aliphatic heterocycles. The summed E-state index contributed by atoms with van der Waals surface area (Å²) >= 11 is 0. The molecule has 1 aromatic carbocycles. The lowest BCUT2D eigenvalue weighted by Gasteiger charge is -2.46. The zero-order valence-corrected chi connectivity index (χ0v) is 18.8. The number of piperidine rings is 1. The Balaban J connectivity index is 1.75. The van der Waals surface area contributed by atoms with E-state index in [1.54, 1.807) is 0 Å². The van der Waals surface area contributed by atoms with Gasteiger partial charge in [0.05, 0.1) is 0 Å². The van der Waals surface area contributed by atoms with Crippen LogP contribution in [0.2, 0.25) is 0 Å². The van der Waals surface area contributed by atoms with E-state index in [1.807, 2.05) is 41.8 Å². The third-order valence-corrected chi connectivity index (χ3v) is 5.83. The Labute approximate surface area is 178 Å². The molecular weight excluding hydrogens is 372 g/mol. The van der Waals surface area contributed by atoms with E-state index in [1.165, 1.54) is 5.56 Å². The van der Waals surface area contributed by atoms with Gasteiger partial charge in [0.1, 0.15) is 17.0 Å². The van der Waals surface area contributed by atoms with Crippen LogP contribution in [0.3, 0.4) is 0 Å². The van der Waals surface area contributed by atoms with Crippen LogP contribution in [0.15, 0.2) is 42.6 Å². The first-order chi connectivity index (χ1) is 14.0. The van der Waals surface area contributed by atoms with Crippen molar-refractivity contribution >= 4 is 11.6 Å². The number of pyridine rings is 1. The molecule has 1 fully saturated rings. The lowest BCUT2D eigenvalue weighted by atomic mass is 9.79. The molecule has 0 unspecified atom stereocenters. The van der Waals surface area contributed by atoms with Crippen LogP contribution in [0.5, 0.6) is 0 Å². The van der Waals surface area contributed by atoms with Crippen molar-refractivity contribution in [3.05, 3.63) is 59.4 Å². The van der Waals surface area contributed by atoms with Crippen molar-refractivity contribution in [3.8, 4) is 11.3 Å². The summed E-state index contributed by atoms with van der Waals surface area (Å²) in [6.45, 7) is 12.9. The van der Waals surface area contributed by atoms with E-state index in [2.05, 4.69) is 57.4 Å². The Hall–Kier alpha value is -2.66. The molecule has 30 heavy (non-hydrogen) atoms. The van der Waals surface area contributed by atoms with E-state index < -0.39 is 0 Å². The largest absolute Gasteiger partial charge is 0.348 e. The fourth-order valence-electron chi connectivity index (χ4n) is 4.96. The predicted octanol–water partition coefficient (Wildman–Crippen LogP) is 4.66. The van der Waals surface area contributed by atoms with E-state index >= 15 is 0 Å². The van der Waals surface area contributed by atoms with Gasteiger partial charge in [0.15, 0.2) is 0 Å². The molecule has 5 heteroatoms. The number of hydrogen-bond donors (Lipinski definition) is 2. The maximum atomic E-state index is 13.6. The monoisotopic (exact) mass is 404 g/mol. The van der Waals surface area contributed by atoms with Gasteiger partial charge in [-0.1, -0.05) is 35.9 Å². The summed E-state index contributed by atoms with van der Waals surface area (Å²) in [6.07, 6.45) is 3.76. The van der Waals surface area contributed by atoms with Gasteiger partial charge in [-0.25, -0.2) is 4.98 Å². The molecule has 0 aliphatic carbocycles. The highest BCUT2D eigenvalue weighted by Gasteiger charge is 2.38. The van der Waals surface area contributed by atoms with Gasteiger partial charge in [0, 0.05) is 28.9 Å². The van der Waals surface area contributed by atoms with E-state index in [9.17, 15) is 4.79 Å². The first kappa shape index (κ1) is 20.6. The Morgan fingerprint density at radius 2 is 1.60 bits per heavy atom. The third kappa shape index (κ3) is 4.12. The maximum absolute atomic E-state index is 13.6. The normalized spacial score (nSPS) is 18.5. The second kappa shape index (κ2) is 7.24. The number of imidazole rings is 1. The molecule has 0 atom stereocenters. The fraction of sp³-hybridized carbons (Fsp3) is 0.440. The molecule has 1 saturated heterocycles. The number of aryl methyl sites for hydroxylation is 2. The lowest BCUT2D eigenvalue weighted by Crippen LogP contribution is -2.62. The van der Waals surface area contributed by atoms with Crippen LogP contribution in [0, 0.1) is 13.8 Å². The van der Waals surface area contributed by atoms with Crippen LogP contribution >= 0.6 is 0 Å². The average molecular weight is 405 g/mol. The quantitative estimate of drug-likeness (QED) is 0.668. The minimum absolute atomic E-state index is 0.0322. The predicted molar refractivity (Wildman–Crippen MR) is 122 cm³/mol. The molecule has 158 valence electrons. The van der Waals surface area contributed by atoms with Crippen LogP contribution in [0.4, 0.5) is 0 Å². The Bertz CT molecular complexity index is 1080. The molecule has 1 amide bonds. The van der Waals surface area contributed by atoms with Gasteiger partial charge in [-0.05, 0) is 66.0 Å². The van der Waals surface area contributed by atoms with Gasteiger partial charge in [0.25, 0.3) is 5.91 Å². The van der Waals surface area contributed by atoms with Crippen molar-refractivity contribution in [3.63, 3.8) is 0 Å². The summed E-state index contributed by atoms with van der Waals surface area (Å²) < 4.78 is 1.93. The highest BCUT2D eigenvalue weighted by atomic mass is 16.2. The summed E-state index contributed by atoms with van der Waals surface area (Å²) in [5.41, 5.74) is 5.28. The lowest BCUT2D eigenvalue weighted by molar-refractivity contribution is 0.0868. The van der Waals surface area contributed by atoms with Crippen LogP contribution in [0.25, 0.3) is 16.9 Å². The van der Waals surface area contributed by atoms with Gasteiger partial charge in [-0.3, -0.25) is 9.20 Å². The summed E-state index contributed by atoms with van der Waals surface area (Å²) in [6, 6.07) is 12.3. The van der Waals surface area contributed by atoms with Crippen molar-refractivity contribution in [2.24, 2.45) is 0 Å². The highest BCUT2D eigenvalue weighted by molar-refractivity contribution is 6.00. The van der Waals surface area contributed by atoms with Crippen molar-refractivity contribution in [2.45, 2.75) is 71.5 Å². The van der Waals surface area contributed by atoms with E-state index in [0.717, 1.165) is 35.3 Å². The molecule has 2 N–H and O–H groups in total. The SMILES string of the molecule is Cc1ccc(-c2nc3ccc(C)cn3c2C(=O)NC2CC(C)(C)NC(C)(C)C2)cc1. The van der Waals surface area contributed by atoms with Gasteiger partial charge in [0.2, 0.25) is 0 Å². The molecular formula is C25H32N4O. The van der Waals surface area contributed by atoms with E-state index in [0.29, 0.717) is 5.69 Å². The fourth-order valence-corrected chi connectivity index (χ4v) is 4.96. The number of benzene rings is 1. The number of aromatic nitrogens is 2. The summed E-state index contributed by atoms with van der Waals surface area (Å²) in [4.78, 5) is 18.4. The molecule has 0 spiro atoms. The van der Waals surface area contributed by atoms with Crippen molar-refractivity contribution < 1.29 is 4.79 Å². The second-order valence-electron chi connectivity index (χ2n) is 10.1. The van der Waals surface area contributed by atoms with Crippen LogP contribution in [-0.2, 0) is 0 Å². The summed E-state index contributed by atoms with van der Waals surface area (Å²) in [5, 5.41) is 7.01. The molecule has 2 aromatic heterocycles. The first-order valence-electron chi connectivity index (χ1n) is 10.7. The first-order valence-corrected chi connectivity index (χ1v) is 10.7. The zero-order chi connectivity index (χ0) is 21.7. The molecule has 5 nitrogen and oxygen atoms in total. The van der Waals surface area contributed by atoms with Crippen LogP contribution in [0.1, 0.15) is 62.2 Å². The number of fused-ring (bicyclic) bond motifs is 1. The molecule has 0 radical (unpaired) electrons. The number of carbonyl (C=O) groups excluding carboxylic acids is 1. The number of hydrogen-bond acceptors (Lipinski definition) is 3. The van der Waals surface area contributed by atoms with E-state index in [4.69, 9.17) is 4.98 Å². The standard InChI is InChI=1S/C25H32N4O/c1-16-7-10-18(11-8-16)21-22(29-15-17(2)9-12-20(29)27-21)23(30)26-19-13-24(3,4)28-25(5,6)14-19/h7-12,15,19,28H,13-14H2,1-6H3,(H,26,30). The number of nitrogens with one attached hydrogen (secondary N) is 2. The smallest absolute Gasteiger partial charge is 0.270 e. The van der Waals surface area contributed by atoms with Crippen LogP contribution in [-0.4, -0.2) is 32.4 Å². The van der Waals surface area contributed by atoms with Gasteiger partial charge < -0.3 is 10.6 Å². The van der Waals surface area contributed by atoms with E-state index in [-0.39, 0.29) is 23.0 Å². The van der Waals surface area contributed by atoms with Gasteiger partial charge in [-0.2, -0.15) is 0 Å². The minimum Gasteiger partial charge on any atom is -0.348 e. The molecule has 3 aromatic rings. The Morgan fingerprint density at radius 1 is 1.00 bits per heavy atom. The maximum Gasteiger partial charge on any atom is 0.270 e. The zero-order valence-electron chi connectivity index (χ0n) is 18.8. The van der Waals surface area contributed by atoms with Gasteiger partial charge in [-0.15, -0.1) is 0 Å². The van der Waals surface area contributed by atoms with Gasteiger partial charge >= 0.3 is 0 Å². The average Bonchev–Trinajstić information content (AvgIpc) is 2.98. The summed E-state index contributed by atoms with van der Waals surface area (Å²) in [7, 11) is 0. The Morgan fingerprint density at radius 3 is 2.23 bits per heavy atom. The van der Waals surface area contributed by atoms with Crippen molar-refractivity contribution in [1.82, 2.24) is 20.0 Å². The van der Waals surface area contributed by atoms with Crippen molar-refractivity contribution in [2.75, 3.05) is 0 Å². The molecule has 1 aliphatic rings. The number of amides is 1. The Kier molecular flexibility index (Phi) is 4.97. The molecule has 0 bridgehead atoms. The molecule has 4 rings (SSSR count). The molecule has 3 heterocycles. The number of rotatable bonds is 3. The highest BCUT2D eigenvalue weighted by Crippen LogP contribution is 2.30.